The van der Waals surface area contributed by atoms with E-state index in [-0.39, 0.29) is 5.92 Å². The zero-order valence-corrected chi connectivity index (χ0v) is 22.7. The van der Waals surface area contributed by atoms with Gasteiger partial charge in [0, 0.05) is 18.6 Å². The first-order valence-electron chi connectivity index (χ1n) is 12.9. The van der Waals surface area contributed by atoms with Gasteiger partial charge in [0.25, 0.3) is 0 Å². The molecule has 0 bridgehead atoms. The van der Waals surface area contributed by atoms with Crippen molar-refractivity contribution in [2.24, 2.45) is 5.92 Å². The second-order valence-electron chi connectivity index (χ2n) is 9.95. The minimum absolute atomic E-state index is 0.0722. The highest BCUT2D eigenvalue weighted by atomic mass is 35.5. The van der Waals surface area contributed by atoms with E-state index in [0.29, 0.717) is 16.5 Å². The molecule has 192 valence electrons. The molecule has 0 spiro atoms. The molecule has 0 radical (unpaired) electrons. The maximum Gasteiger partial charge on any atom is 0.242 e. The van der Waals surface area contributed by atoms with Crippen molar-refractivity contribution >= 4 is 21.6 Å². The molecule has 1 fully saturated rings. The lowest BCUT2D eigenvalue weighted by Crippen LogP contribution is -2.36. The van der Waals surface area contributed by atoms with E-state index in [9.17, 15) is 8.42 Å². The van der Waals surface area contributed by atoms with Crippen LogP contribution in [0.5, 0.6) is 0 Å². The molecule has 0 aromatic heterocycles. The fourth-order valence-electron chi connectivity index (χ4n) is 5.16. The molecule has 0 saturated carbocycles. The van der Waals surface area contributed by atoms with Crippen LogP contribution in [0.1, 0.15) is 42.7 Å². The van der Waals surface area contributed by atoms with E-state index in [1.165, 1.54) is 29.1 Å². The minimum Gasteiger partial charge on any atom is -0.303 e. The number of sulfonamides is 1. The molecule has 6 heteroatoms. The van der Waals surface area contributed by atoms with Gasteiger partial charge >= 0.3 is 0 Å². The van der Waals surface area contributed by atoms with Crippen LogP contribution in [-0.2, 0) is 16.4 Å². The number of piperidine rings is 1. The van der Waals surface area contributed by atoms with Crippen LogP contribution in [-0.4, -0.2) is 50.8 Å². The highest BCUT2D eigenvalue weighted by Crippen LogP contribution is 2.28. The molecule has 1 saturated heterocycles. The molecule has 0 unspecified atom stereocenters. The summed E-state index contributed by atoms with van der Waals surface area (Å²) in [5.74, 6) is 0.857. The van der Waals surface area contributed by atoms with E-state index in [1.54, 1.807) is 31.3 Å². The normalized spacial score (nSPS) is 16.3. The van der Waals surface area contributed by atoms with Gasteiger partial charge in [-0.15, -0.1) is 0 Å². The van der Waals surface area contributed by atoms with Crippen LogP contribution < -0.4 is 0 Å². The molecule has 36 heavy (non-hydrogen) atoms. The number of benzene rings is 3. The van der Waals surface area contributed by atoms with Crippen LogP contribution in [0.3, 0.4) is 0 Å². The van der Waals surface area contributed by atoms with Gasteiger partial charge in [0.05, 0.1) is 4.90 Å². The minimum atomic E-state index is -3.55. The summed E-state index contributed by atoms with van der Waals surface area (Å²) < 4.78 is 27.8. The average molecular weight is 525 g/mol. The van der Waals surface area contributed by atoms with Crippen LogP contribution in [0, 0.1) is 5.92 Å². The second-order valence-corrected chi connectivity index (χ2v) is 12.4. The summed E-state index contributed by atoms with van der Waals surface area (Å²) in [6.45, 7) is 3.60. The summed E-state index contributed by atoms with van der Waals surface area (Å²) in [7, 11) is -1.87. The Labute approximate surface area is 222 Å². The fourth-order valence-corrected chi connectivity index (χ4v) is 6.59. The molecule has 3 aromatic rings. The summed E-state index contributed by atoms with van der Waals surface area (Å²) in [4.78, 5) is 2.87. The van der Waals surface area contributed by atoms with Crippen LogP contribution in [0.4, 0.5) is 0 Å². The number of hydrogen-bond donors (Lipinski definition) is 0. The van der Waals surface area contributed by atoms with Crippen molar-refractivity contribution in [2.75, 3.05) is 33.2 Å². The third-order valence-electron chi connectivity index (χ3n) is 7.43. The average Bonchev–Trinajstić information content (AvgIpc) is 2.91. The lowest BCUT2D eigenvalue weighted by atomic mass is 9.90. The maximum absolute atomic E-state index is 13.2. The number of hydrogen-bond acceptors (Lipinski definition) is 3. The van der Waals surface area contributed by atoms with Crippen molar-refractivity contribution < 1.29 is 8.42 Å². The van der Waals surface area contributed by atoms with Gasteiger partial charge in [-0.2, -0.15) is 0 Å². The predicted molar refractivity (Wildman–Crippen MR) is 149 cm³/mol. The summed E-state index contributed by atoms with van der Waals surface area (Å²) >= 11 is 6.31. The Morgan fingerprint density at radius 3 is 2.28 bits per heavy atom. The number of aryl methyl sites for hydroxylation is 1. The van der Waals surface area contributed by atoms with Gasteiger partial charge in [-0.25, -0.2) is 12.7 Å². The molecule has 3 aromatic carbocycles. The Hall–Kier alpha value is -2.18. The van der Waals surface area contributed by atoms with E-state index >= 15 is 0 Å². The SMILES string of the molecule is CN(C[C@@H](CCN1CCC(CCc2ccccc2)CC1)c1cccc(Cl)c1)S(=O)(=O)c1ccccc1. The first-order chi connectivity index (χ1) is 17.4. The molecule has 1 atom stereocenters. The summed E-state index contributed by atoms with van der Waals surface area (Å²) in [5.41, 5.74) is 2.52. The zero-order chi connectivity index (χ0) is 25.4. The Morgan fingerprint density at radius 1 is 0.944 bits per heavy atom. The quantitative estimate of drug-likeness (QED) is 0.288. The summed E-state index contributed by atoms with van der Waals surface area (Å²) in [6, 6.07) is 27.3. The maximum atomic E-state index is 13.2. The van der Waals surface area contributed by atoms with Crippen molar-refractivity contribution in [1.82, 2.24) is 9.21 Å². The smallest absolute Gasteiger partial charge is 0.242 e. The van der Waals surface area contributed by atoms with E-state index in [1.807, 2.05) is 24.3 Å². The molecule has 0 aliphatic carbocycles. The topological polar surface area (TPSA) is 40.6 Å². The highest BCUT2D eigenvalue weighted by molar-refractivity contribution is 7.89. The molecule has 1 aliphatic heterocycles. The van der Waals surface area contributed by atoms with Gasteiger partial charge in [-0.05, 0) is 99.0 Å². The van der Waals surface area contributed by atoms with Crippen molar-refractivity contribution in [3.05, 3.63) is 101 Å². The van der Waals surface area contributed by atoms with Crippen LogP contribution in [0.15, 0.2) is 89.8 Å². The molecule has 1 heterocycles. The van der Waals surface area contributed by atoms with Crippen molar-refractivity contribution in [3.8, 4) is 0 Å². The van der Waals surface area contributed by atoms with E-state index in [0.717, 1.165) is 44.0 Å². The van der Waals surface area contributed by atoms with Crippen molar-refractivity contribution in [1.29, 1.82) is 0 Å². The second kappa shape index (κ2) is 12.9. The summed E-state index contributed by atoms with van der Waals surface area (Å²) in [5, 5.41) is 0.685. The Kier molecular flexibility index (Phi) is 9.60. The number of rotatable bonds is 11. The lowest BCUT2D eigenvalue weighted by molar-refractivity contribution is 0.173. The third-order valence-corrected chi connectivity index (χ3v) is 9.51. The predicted octanol–water partition coefficient (Wildman–Crippen LogP) is 6.48. The molecular formula is C30H37ClN2O2S. The standard InChI is InChI=1S/C30H37ClN2O2S/c1-32(36(34,35)30-13-6-3-7-14-30)24-28(27-11-8-12-29(31)23-27)19-22-33-20-17-26(18-21-33)16-15-25-9-4-2-5-10-25/h2-14,23,26,28H,15-22,24H2,1H3/t28-/m1/s1. The van der Waals surface area contributed by atoms with Gasteiger partial charge in [0.15, 0.2) is 0 Å². The van der Waals surface area contributed by atoms with Crippen LogP contribution in [0.2, 0.25) is 5.02 Å². The van der Waals surface area contributed by atoms with E-state index in [2.05, 4.69) is 41.3 Å². The van der Waals surface area contributed by atoms with E-state index < -0.39 is 10.0 Å². The van der Waals surface area contributed by atoms with Crippen LogP contribution >= 0.6 is 11.6 Å². The summed E-state index contributed by atoms with van der Waals surface area (Å²) in [6.07, 6.45) is 5.77. The largest absolute Gasteiger partial charge is 0.303 e. The van der Waals surface area contributed by atoms with Gasteiger partial charge in [-0.1, -0.05) is 72.3 Å². The first kappa shape index (κ1) is 26.9. The molecule has 0 amide bonds. The molecule has 4 nitrogen and oxygen atoms in total. The van der Waals surface area contributed by atoms with Crippen molar-refractivity contribution in [2.45, 2.75) is 42.9 Å². The Morgan fingerprint density at radius 2 is 1.61 bits per heavy atom. The third kappa shape index (κ3) is 7.42. The molecular weight excluding hydrogens is 488 g/mol. The molecule has 4 rings (SSSR count). The van der Waals surface area contributed by atoms with Crippen molar-refractivity contribution in [3.63, 3.8) is 0 Å². The monoisotopic (exact) mass is 524 g/mol. The number of likely N-dealkylation sites (tertiary alicyclic amines) is 1. The fraction of sp³-hybridized carbons (Fsp3) is 0.400. The zero-order valence-electron chi connectivity index (χ0n) is 21.1. The Balaban J connectivity index is 1.34. The van der Waals surface area contributed by atoms with Gasteiger partial charge in [-0.3, -0.25) is 0 Å². The number of likely N-dealkylation sites (N-methyl/N-ethyl adjacent to an activating group) is 1. The van der Waals surface area contributed by atoms with E-state index in [4.69, 9.17) is 11.6 Å². The van der Waals surface area contributed by atoms with Crippen LogP contribution in [0.25, 0.3) is 0 Å². The first-order valence-corrected chi connectivity index (χ1v) is 14.8. The number of nitrogens with zero attached hydrogens (tertiary/aromatic N) is 2. The molecule has 0 N–H and O–H groups in total. The van der Waals surface area contributed by atoms with Gasteiger partial charge in [0.2, 0.25) is 10.0 Å². The Bertz CT molecular complexity index is 1180. The lowest BCUT2D eigenvalue weighted by Gasteiger charge is -2.33. The van der Waals surface area contributed by atoms with Gasteiger partial charge < -0.3 is 4.90 Å². The highest BCUT2D eigenvalue weighted by Gasteiger charge is 2.26. The number of halogens is 1. The molecule has 1 aliphatic rings. The van der Waals surface area contributed by atoms with Gasteiger partial charge in [0.1, 0.15) is 0 Å².